The molecule has 2 fully saturated rings. The van der Waals surface area contributed by atoms with Gasteiger partial charge in [-0.25, -0.2) is 8.42 Å². The van der Waals surface area contributed by atoms with Crippen molar-refractivity contribution in [2.75, 3.05) is 13.1 Å². The SMILES string of the molecule is CC(C)CC(NC(=O)c1ccc(C(C)C)cc1)C(=O)N1CCC2C1C(=O)CN2S(=O)(=O)C(=O)c1cccnc1. The van der Waals surface area contributed by atoms with Crippen LogP contribution in [0.5, 0.6) is 0 Å². The Hall–Kier alpha value is -3.44. The molecule has 0 bridgehead atoms. The maximum atomic E-state index is 13.7. The number of nitrogens with zero attached hydrogens (tertiary/aromatic N) is 3. The van der Waals surface area contributed by atoms with Gasteiger partial charge in [0.2, 0.25) is 5.91 Å². The zero-order valence-electron chi connectivity index (χ0n) is 22.5. The molecule has 4 rings (SSSR count). The Morgan fingerprint density at radius 2 is 1.74 bits per heavy atom. The summed E-state index contributed by atoms with van der Waals surface area (Å²) >= 11 is 0. The van der Waals surface area contributed by atoms with Crippen LogP contribution in [0.4, 0.5) is 0 Å². The van der Waals surface area contributed by atoms with Crippen molar-refractivity contribution < 1.29 is 27.6 Å². The maximum Gasteiger partial charge on any atom is 0.293 e. The van der Waals surface area contributed by atoms with E-state index >= 15 is 0 Å². The smallest absolute Gasteiger partial charge is 0.293 e. The van der Waals surface area contributed by atoms with Crippen molar-refractivity contribution in [3.63, 3.8) is 0 Å². The van der Waals surface area contributed by atoms with Gasteiger partial charge in [0.25, 0.3) is 21.0 Å². The van der Waals surface area contributed by atoms with Gasteiger partial charge < -0.3 is 10.2 Å². The summed E-state index contributed by atoms with van der Waals surface area (Å²) in [4.78, 5) is 57.8. The van der Waals surface area contributed by atoms with Gasteiger partial charge in [-0.1, -0.05) is 39.8 Å². The molecule has 2 saturated heterocycles. The number of Topliss-reactive ketones (excluding diaryl/α,β-unsaturated/α-hetero) is 1. The number of likely N-dealkylation sites (tertiary alicyclic amines) is 1. The van der Waals surface area contributed by atoms with Crippen molar-refractivity contribution >= 4 is 32.7 Å². The highest BCUT2D eigenvalue weighted by molar-refractivity contribution is 8.04. The van der Waals surface area contributed by atoms with E-state index in [2.05, 4.69) is 24.1 Å². The first-order chi connectivity index (χ1) is 18.4. The van der Waals surface area contributed by atoms with Crippen molar-refractivity contribution in [1.29, 1.82) is 0 Å². The lowest BCUT2D eigenvalue weighted by molar-refractivity contribution is -0.138. The summed E-state index contributed by atoms with van der Waals surface area (Å²) < 4.78 is 27.3. The number of hydrogen-bond acceptors (Lipinski definition) is 7. The molecular weight excluding hydrogens is 520 g/mol. The second-order valence-electron chi connectivity index (χ2n) is 10.8. The minimum absolute atomic E-state index is 0.0641. The predicted octanol–water partition coefficient (Wildman–Crippen LogP) is 2.37. The van der Waals surface area contributed by atoms with E-state index in [-0.39, 0.29) is 24.4 Å². The quantitative estimate of drug-likeness (QED) is 0.530. The maximum absolute atomic E-state index is 13.7. The molecule has 208 valence electrons. The van der Waals surface area contributed by atoms with Crippen LogP contribution >= 0.6 is 0 Å². The predicted molar refractivity (Wildman–Crippen MR) is 144 cm³/mol. The molecule has 2 aliphatic rings. The summed E-state index contributed by atoms with van der Waals surface area (Å²) in [6, 6.07) is 7.26. The van der Waals surface area contributed by atoms with Crippen molar-refractivity contribution in [3.05, 3.63) is 65.5 Å². The van der Waals surface area contributed by atoms with E-state index in [9.17, 15) is 27.6 Å². The summed E-state index contributed by atoms with van der Waals surface area (Å²) in [6.45, 7) is 7.62. The summed E-state index contributed by atoms with van der Waals surface area (Å²) in [5.41, 5.74) is 1.41. The Morgan fingerprint density at radius 3 is 2.33 bits per heavy atom. The second-order valence-corrected chi connectivity index (χ2v) is 12.6. The fraction of sp³-hybridized carbons (Fsp3) is 0.464. The highest BCUT2D eigenvalue weighted by Gasteiger charge is 2.55. The van der Waals surface area contributed by atoms with Crippen LogP contribution < -0.4 is 5.32 Å². The third-order valence-corrected chi connectivity index (χ3v) is 8.97. The van der Waals surface area contributed by atoms with Crippen molar-refractivity contribution in [1.82, 2.24) is 19.5 Å². The lowest BCUT2D eigenvalue weighted by Gasteiger charge is -2.29. The van der Waals surface area contributed by atoms with E-state index in [1.54, 1.807) is 12.1 Å². The number of amides is 2. The summed E-state index contributed by atoms with van der Waals surface area (Å²) in [5, 5.41) is 1.69. The molecule has 3 atom stereocenters. The standard InChI is InChI=1S/C28H34N4O6S/c1-17(2)14-22(30-26(34)20-9-7-19(8-10-20)18(3)4)27(35)31-13-11-23-25(31)24(33)16-32(23)39(37,38)28(36)21-6-5-12-29-15-21/h5-10,12,15,17-18,22-23,25H,11,13-14,16H2,1-4H3,(H,30,34). The summed E-state index contributed by atoms with van der Waals surface area (Å²) in [5.74, 6) is -0.910. The number of sulfonamides is 1. The van der Waals surface area contributed by atoms with Gasteiger partial charge in [0.1, 0.15) is 12.1 Å². The molecular formula is C28H34N4O6S. The van der Waals surface area contributed by atoms with E-state index in [4.69, 9.17) is 0 Å². The minimum atomic E-state index is -4.51. The molecule has 0 spiro atoms. The van der Waals surface area contributed by atoms with Crippen LogP contribution in [-0.4, -0.2) is 76.5 Å². The van der Waals surface area contributed by atoms with Crippen LogP contribution in [0.3, 0.4) is 0 Å². The number of carbonyl (C=O) groups is 4. The number of carbonyl (C=O) groups excluding carboxylic acids is 4. The fourth-order valence-electron chi connectivity index (χ4n) is 5.23. The molecule has 11 heteroatoms. The van der Waals surface area contributed by atoms with Crippen LogP contribution in [0.2, 0.25) is 0 Å². The zero-order chi connectivity index (χ0) is 28.5. The number of benzene rings is 1. The largest absolute Gasteiger partial charge is 0.340 e. The van der Waals surface area contributed by atoms with Gasteiger partial charge in [-0.2, -0.15) is 4.31 Å². The molecule has 39 heavy (non-hydrogen) atoms. The fourth-order valence-corrected chi connectivity index (χ4v) is 6.74. The molecule has 0 radical (unpaired) electrons. The van der Waals surface area contributed by atoms with Gasteiger partial charge in [0.05, 0.1) is 18.2 Å². The molecule has 1 N–H and O–H groups in total. The van der Waals surface area contributed by atoms with E-state index in [0.29, 0.717) is 17.9 Å². The Kier molecular flexibility index (Phi) is 8.31. The molecule has 2 aromatic rings. The van der Waals surface area contributed by atoms with Crippen molar-refractivity contribution in [2.45, 2.75) is 64.6 Å². The number of pyridine rings is 1. The number of rotatable bonds is 8. The minimum Gasteiger partial charge on any atom is -0.340 e. The van der Waals surface area contributed by atoms with E-state index < -0.39 is 57.4 Å². The topological polar surface area (TPSA) is 134 Å². The molecule has 3 heterocycles. The van der Waals surface area contributed by atoms with Crippen molar-refractivity contribution in [3.8, 4) is 0 Å². The zero-order valence-corrected chi connectivity index (χ0v) is 23.3. The summed E-state index contributed by atoms with van der Waals surface area (Å²) in [6.07, 6.45) is 3.14. The molecule has 2 aliphatic heterocycles. The van der Waals surface area contributed by atoms with E-state index in [1.807, 2.05) is 26.0 Å². The van der Waals surface area contributed by atoms with Crippen LogP contribution in [-0.2, 0) is 19.6 Å². The molecule has 10 nitrogen and oxygen atoms in total. The van der Waals surface area contributed by atoms with Crippen LogP contribution in [0.15, 0.2) is 48.8 Å². The molecule has 1 aromatic carbocycles. The Morgan fingerprint density at radius 1 is 1.05 bits per heavy atom. The first kappa shape index (κ1) is 28.6. The van der Waals surface area contributed by atoms with Crippen LogP contribution in [0, 0.1) is 5.92 Å². The number of ketones is 1. The van der Waals surface area contributed by atoms with E-state index in [0.717, 1.165) is 16.1 Å². The Balaban J connectivity index is 1.52. The van der Waals surface area contributed by atoms with Crippen LogP contribution in [0.1, 0.15) is 72.7 Å². The first-order valence-corrected chi connectivity index (χ1v) is 14.6. The number of nitrogens with one attached hydrogen (secondary N) is 1. The highest BCUT2D eigenvalue weighted by Crippen LogP contribution is 2.33. The second kappa shape index (κ2) is 11.4. The van der Waals surface area contributed by atoms with Gasteiger partial charge in [-0.05, 0) is 54.5 Å². The Labute approximate surface area is 228 Å². The molecule has 0 aliphatic carbocycles. The first-order valence-electron chi connectivity index (χ1n) is 13.1. The van der Waals surface area contributed by atoms with Gasteiger partial charge >= 0.3 is 0 Å². The van der Waals surface area contributed by atoms with Crippen LogP contribution in [0.25, 0.3) is 0 Å². The van der Waals surface area contributed by atoms with E-state index in [1.165, 1.54) is 23.2 Å². The molecule has 1 aromatic heterocycles. The van der Waals surface area contributed by atoms with Gasteiger partial charge in [-0.15, -0.1) is 0 Å². The average molecular weight is 555 g/mol. The average Bonchev–Trinajstić information content (AvgIpc) is 3.49. The monoisotopic (exact) mass is 554 g/mol. The number of fused-ring (bicyclic) bond motifs is 1. The highest BCUT2D eigenvalue weighted by atomic mass is 32.2. The molecule has 3 unspecified atom stereocenters. The number of hydrogen-bond donors (Lipinski definition) is 1. The lowest BCUT2D eigenvalue weighted by atomic mass is 10.00. The third kappa shape index (κ3) is 5.79. The molecule has 0 saturated carbocycles. The third-order valence-electron chi connectivity index (χ3n) is 7.25. The normalized spacial score (nSPS) is 20.4. The lowest BCUT2D eigenvalue weighted by Crippen LogP contribution is -2.53. The van der Waals surface area contributed by atoms with Crippen molar-refractivity contribution in [2.24, 2.45) is 5.92 Å². The van der Waals surface area contributed by atoms with Gasteiger partial charge in [0.15, 0.2) is 5.78 Å². The summed E-state index contributed by atoms with van der Waals surface area (Å²) in [7, 11) is -4.51. The van der Waals surface area contributed by atoms with Gasteiger partial charge in [0, 0.05) is 24.5 Å². The number of aromatic nitrogens is 1. The Bertz CT molecular complexity index is 1360. The van der Waals surface area contributed by atoms with Gasteiger partial charge in [-0.3, -0.25) is 24.2 Å². The molecule has 2 amide bonds.